The second-order valence-corrected chi connectivity index (χ2v) is 4.91. The lowest BCUT2D eigenvalue weighted by Crippen LogP contribution is -2.04. The van der Waals surface area contributed by atoms with Gasteiger partial charge in [-0.05, 0) is 36.5 Å². The number of rotatable bonds is 3. The first kappa shape index (κ1) is 11.6. The summed E-state index contributed by atoms with van der Waals surface area (Å²) >= 11 is 0. The van der Waals surface area contributed by atoms with Gasteiger partial charge in [0.2, 0.25) is 0 Å². The van der Waals surface area contributed by atoms with Gasteiger partial charge in [0.05, 0.1) is 6.10 Å². The SMILES string of the molecule is Cc1cc(C(O)CC2CCCC2)ccc1F. The average Bonchev–Trinajstić information content (AvgIpc) is 2.74. The largest absolute Gasteiger partial charge is 0.388 e. The van der Waals surface area contributed by atoms with Crippen molar-refractivity contribution in [1.82, 2.24) is 0 Å². The number of benzene rings is 1. The summed E-state index contributed by atoms with van der Waals surface area (Å²) in [5.41, 5.74) is 1.47. The second-order valence-electron chi connectivity index (χ2n) is 4.91. The monoisotopic (exact) mass is 222 g/mol. The first-order valence-electron chi connectivity index (χ1n) is 6.11. The lowest BCUT2D eigenvalue weighted by molar-refractivity contribution is 0.144. The van der Waals surface area contributed by atoms with Crippen molar-refractivity contribution >= 4 is 0 Å². The molecule has 1 saturated carbocycles. The third kappa shape index (κ3) is 2.62. The van der Waals surface area contributed by atoms with Crippen LogP contribution in [0.5, 0.6) is 0 Å². The number of hydrogen-bond acceptors (Lipinski definition) is 1. The Labute approximate surface area is 96.3 Å². The smallest absolute Gasteiger partial charge is 0.126 e. The van der Waals surface area contributed by atoms with Crippen molar-refractivity contribution < 1.29 is 9.50 Å². The van der Waals surface area contributed by atoms with E-state index in [0.29, 0.717) is 11.5 Å². The predicted octanol–water partition coefficient (Wildman–Crippen LogP) is 3.75. The molecule has 2 heteroatoms. The molecule has 1 aliphatic carbocycles. The quantitative estimate of drug-likeness (QED) is 0.825. The van der Waals surface area contributed by atoms with Crippen molar-refractivity contribution in [1.29, 1.82) is 0 Å². The van der Waals surface area contributed by atoms with Crippen LogP contribution in [0.2, 0.25) is 0 Å². The molecule has 1 unspecified atom stereocenters. The molecule has 0 saturated heterocycles. The highest BCUT2D eigenvalue weighted by molar-refractivity contribution is 5.25. The molecule has 2 rings (SSSR count). The van der Waals surface area contributed by atoms with Crippen molar-refractivity contribution in [2.45, 2.75) is 45.1 Å². The van der Waals surface area contributed by atoms with Crippen molar-refractivity contribution in [3.05, 3.63) is 35.1 Å². The van der Waals surface area contributed by atoms with Crippen LogP contribution in [0, 0.1) is 18.7 Å². The Morgan fingerprint density at radius 3 is 2.69 bits per heavy atom. The lowest BCUT2D eigenvalue weighted by Gasteiger charge is -2.16. The van der Waals surface area contributed by atoms with Gasteiger partial charge in [0.25, 0.3) is 0 Å². The summed E-state index contributed by atoms with van der Waals surface area (Å²) in [6, 6.07) is 4.90. The Bertz CT molecular complexity index is 356. The summed E-state index contributed by atoms with van der Waals surface area (Å²) in [5, 5.41) is 10.1. The van der Waals surface area contributed by atoms with E-state index in [1.165, 1.54) is 31.7 Å². The van der Waals surface area contributed by atoms with Gasteiger partial charge < -0.3 is 5.11 Å². The maximum absolute atomic E-state index is 13.1. The van der Waals surface area contributed by atoms with Gasteiger partial charge in [-0.3, -0.25) is 0 Å². The predicted molar refractivity (Wildman–Crippen MR) is 62.7 cm³/mol. The van der Waals surface area contributed by atoms with Gasteiger partial charge in [0.1, 0.15) is 5.82 Å². The molecule has 1 atom stereocenters. The number of aliphatic hydroxyl groups is 1. The molecule has 1 aromatic carbocycles. The highest BCUT2D eigenvalue weighted by Gasteiger charge is 2.20. The molecule has 1 nitrogen and oxygen atoms in total. The standard InChI is InChI=1S/C14H19FO/c1-10-8-12(6-7-13(10)15)14(16)9-11-4-2-3-5-11/h6-8,11,14,16H,2-5,9H2,1H3. The molecular weight excluding hydrogens is 203 g/mol. The third-order valence-corrected chi connectivity index (χ3v) is 3.60. The van der Waals surface area contributed by atoms with Gasteiger partial charge in [-0.1, -0.05) is 37.8 Å². The molecule has 1 N–H and O–H groups in total. The van der Waals surface area contributed by atoms with Crippen LogP contribution < -0.4 is 0 Å². The molecular formula is C14H19FO. The van der Waals surface area contributed by atoms with Gasteiger partial charge in [-0.15, -0.1) is 0 Å². The minimum absolute atomic E-state index is 0.197. The van der Waals surface area contributed by atoms with Crippen LogP contribution in [0.4, 0.5) is 4.39 Å². The maximum atomic E-state index is 13.1. The topological polar surface area (TPSA) is 20.2 Å². The first-order valence-corrected chi connectivity index (χ1v) is 6.11. The van der Waals surface area contributed by atoms with Crippen molar-refractivity contribution in [3.63, 3.8) is 0 Å². The third-order valence-electron chi connectivity index (χ3n) is 3.60. The molecule has 16 heavy (non-hydrogen) atoms. The summed E-state index contributed by atoms with van der Waals surface area (Å²) in [7, 11) is 0. The first-order chi connectivity index (χ1) is 7.66. The van der Waals surface area contributed by atoms with Crippen LogP contribution >= 0.6 is 0 Å². The van der Waals surface area contributed by atoms with E-state index in [-0.39, 0.29) is 5.82 Å². The molecule has 1 aromatic rings. The number of hydrogen-bond donors (Lipinski definition) is 1. The Kier molecular flexibility index (Phi) is 3.59. The van der Waals surface area contributed by atoms with E-state index >= 15 is 0 Å². The Morgan fingerprint density at radius 2 is 2.06 bits per heavy atom. The zero-order valence-corrected chi connectivity index (χ0v) is 9.75. The molecule has 0 heterocycles. The van der Waals surface area contributed by atoms with Gasteiger partial charge >= 0.3 is 0 Å². The molecule has 0 aromatic heterocycles. The van der Waals surface area contributed by atoms with E-state index in [4.69, 9.17) is 0 Å². The van der Waals surface area contributed by atoms with E-state index in [0.717, 1.165) is 12.0 Å². The van der Waals surface area contributed by atoms with Crippen molar-refractivity contribution in [2.24, 2.45) is 5.92 Å². The molecule has 88 valence electrons. The fourth-order valence-corrected chi connectivity index (χ4v) is 2.57. The summed E-state index contributed by atoms with van der Waals surface area (Å²) in [4.78, 5) is 0. The number of aliphatic hydroxyl groups excluding tert-OH is 1. The van der Waals surface area contributed by atoms with Crippen LogP contribution in [0.3, 0.4) is 0 Å². The Morgan fingerprint density at radius 1 is 1.38 bits per heavy atom. The molecule has 0 radical (unpaired) electrons. The van der Waals surface area contributed by atoms with Gasteiger partial charge in [0, 0.05) is 0 Å². The molecule has 1 fully saturated rings. The molecule has 0 amide bonds. The van der Waals surface area contributed by atoms with E-state index in [2.05, 4.69) is 0 Å². The lowest BCUT2D eigenvalue weighted by atomic mass is 9.95. The maximum Gasteiger partial charge on any atom is 0.126 e. The fourth-order valence-electron chi connectivity index (χ4n) is 2.57. The molecule has 0 aliphatic heterocycles. The summed E-state index contributed by atoms with van der Waals surface area (Å²) < 4.78 is 13.1. The van der Waals surface area contributed by atoms with E-state index in [1.54, 1.807) is 19.1 Å². The van der Waals surface area contributed by atoms with Crippen molar-refractivity contribution in [2.75, 3.05) is 0 Å². The van der Waals surface area contributed by atoms with Crippen molar-refractivity contribution in [3.8, 4) is 0 Å². The fraction of sp³-hybridized carbons (Fsp3) is 0.571. The second kappa shape index (κ2) is 4.96. The zero-order valence-electron chi connectivity index (χ0n) is 9.75. The van der Waals surface area contributed by atoms with Gasteiger partial charge in [-0.25, -0.2) is 4.39 Å². The highest BCUT2D eigenvalue weighted by Crippen LogP contribution is 2.33. The van der Waals surface area contributed by atoms with Gasteiger partial charge in [0.15, 0.2) is 0 Å². The van der Waals surface area contributed by atoms with Crippen LogP contribution in [0.15, 0.2) is 18.2 Å². The van der Waals surface area contributed by atoms with E-state index in [9.17, 15) is 9.50 Å². The van der Waals surface area contributed by atoms with Crippen LogP contribution in [-0.4, -0.2) is 5.11 Å². The van der Waals surface area contributed by atoms with Crippen LogP contribution in [0.25, 0.3) is 0 Å². The summed E-state index contributed by atoms with van der Waals surface area (Å²) in [6.07, 6.45) is 5.45. The van der Waals surface area contributed by atoms with E-state index < -0.39 is 6.10 Å². The molecule has 0 bridgehead atoms. The Balaban J connectivity index is 2.02. The Hall–Kier alpha value is -0.890. The van der Waals surface area contributed by atoms with Crippen LogP contribution in [-0.2, 0) is 0 Å². The number of aryl methyl sites for hydroxylation is 1. The minimum Gasteiger partial charge on any atom is -0.388 e. The normalized spacial score (nSPS) is 18.9. The summed E-state index contributed by atoms with van der Waals surface area (Å²) in [5.74, 6) is 0.456. The molecule has 0 spiro atoms. The number of halogens is 1. The van der Waals surface area contributed by atoms with E-state index in [1.807, 2.05) is 0 Å². The van der Waals surface area contributed by atoms with Crippen LogP contribution in [0.1, 0.15) is 49.3 Å². The van der Waals surface area contributed by atoms with Gasteiger partial charge in [-0.2, -0.15) is 0 Å². The highest BCUT2D eigenvalue weighted by atomic mass is 19.1. The average molecular weight is 222 g/mol. The minimum atomic E-state index is -0.428. The zero-order chi connectivity index (χ0) is 11.5. The summed E-state index contributed by atoms with van der Waals surface area (Å²) in [6.45, 7) is 1.74. The molecule has 1 aliphatic rings.